The molecule has 0 aromatic carbocycles. The summed E-state index contributed by atoms with van der Waals surface area (Å²) in [5, 5.41) is 3.04. The molecule has 1 aliphatic carbocycles. The maximum Gasteiger partial charge on any atom is 0.261 e. The normalized spacial score (nSPS) is 15.6. The van der Waals surface area contributed by atoms with Gasteiger partial charge < -0.3 is 11.1 Å². The predicted molar refractivity (Wildman–Crippen MR) is 79.2 cm³/mol. The van der Waals surface area contributed by atoms with Gasteiger partial charge >= 0.3 is 0 Å². The van der Waals surface area contributed by atoms with Crippen molar-refractivity contribution in [3.63, 3.8) is 0 Å². The van der Waals surface area contributed by atoms with E-state index < -0.39 is 0 Å². The maximum atomic E-state index is 12.0. The summed E-state index contributed by atoms with van der Waals surface area (Å²) in [6, 6.07) is 3.71. The van der Waals surface area contributed by atoms with Crippen LogP contribution in [-0.4, -0.2) is 19.0 Å². The van der Waals surface area contributed by atoms with Crippen LogP contribution in [0, 0.1) is 17.8 Å². The molecule has 0 atom stereocenters. The Morgan fingerprint density at radius 2 is 2.16 bits per heavy atom. The number of carbonyl (C=O) groups excluding carboxylic acids is 1. The zero-order chi connectivity index (χ0) is 13.5. The predicted octanol–water partition coefficient (Wildman–Crippen LogP) is 2.37. The average molecular weight is 276 g/mol. The molecule has 1 heterocycles. The number of hydrogen-bond donors (Lipinski definition) is 2. The Morgan fingerprint density at radius 1 is 1.37 bits per heavy atom. The minimum atomic E-state index is 0.0244. The molecule has 1 aromatic heterocycles. The second-order valence-electron chi connectivity index (χ2n) is 4.88. The number of hydrogen-bond acceptors (Lipinski definition) is 3. The molecule has 1 amide bonds. The van der Waals surface area contributed by atoms with Crippen LogP contribution in [0.15, 0.2) is 12.1 Å². The Labute approximate surface area is 118 Å². The minimum absolute atomic E-state index is 0.0244. The van der Waals surface area contributed by atoms with Gasteiger partial charge in [-0.05, 0) is 30.9 Å². The molecule has 0 saturated heterocycles. The van der Waals surface area contributed by atoms with Crippen molar-refractivity contribution in [1.29, 1.82) is 0 Å². The molecule has 1 aliphatic rings. The van der Waals surface area contributed by atoms with Crippen LogP contribution in [0.2, 0.25) is 0 Å². The molecule has 0 spiro atoms. The van der Waals surface area contributed by atoms with E-state index in [0.717, 1.165) is 16.3 Å². The maximum absolute atomic E-state index is 12.0. The number of amides is 1. The molecule has 0 unspecified atom stereocenters. The van der Waals surface area contributed by atoms with E-state index in [1.807, 2.05) is 12.1 Å². The third kappa shape index (κ3) is 4.38. The van der Waals surface area contributed by atoms with Gasteiger partial charge in [-0.3, -0.25) is 4.79 Å². The first kappa shape index (κ1) is 14.1. The van der Waals surface area contributed by atoms with Gasteiger partial charge in [0.1, 0.15) is 0 Å². The quantitative estimate of drug-likeness (QED) is 0.833. The van der Waals surface area contributed by atoms with E-state index >= 15 is 0 Å². The van der Waals surface area contributed by atoms with Gasteiger partial charge in [0.15, 0.2) is 0 Å². The Hall–Kier alpha value is -1.31. The molecule has 3 nitrogen and oxygen atoms in total. The van der Waals surface area contributed by atoms with Crippen LogP contribution in [-0.2, 0) is 0 Å². The van der Waals surface area contributed by atoms with Crippen molar-refractivity contribution in [2.75, 3.05) is 13.1 Å². The average Bonchev–Trinajstić information content (AvgIpc) is 2.92. The highest BCUT2D eigenvalue weighted by atomic mass is 32.1. The van der Waals surface area contributed by atoms with Crippen LogP contribution in [0.25, 0.3) is 0 Å². The second kappa shape index (κ2) is 7.32. The largest absolute Gasteiger partial charge is 0.351 e. The van der Waals surface area contributed by atoms with Crippen molar-refractivity contribution in [1.82, 2.24) is 5.32 Å². The molecule has 0 radical (unpaired) electrons. The van der Waals surface area contributed by atoms with Gasteiger partial charge in [-0.25, -0.2) is 0 Å². The van der Waals surface area contributed by atoms with Crippen LogP contribution in [0.3, 0.4) is 0 Å². The van der Waals surface area contributed by atoms with Crippen molar-refractivity contribution in [3.8, 4) is 11.8 Å². The lowest BCUT2D eigenvalue weighted by Gasteiger charge is -2.21. The van der Waals surface area contributed by atoms with E-state index in [1.165, 1.54) is 43.4 Å². The van der Waals surface area contributed by atoms with Crippen LogP contribution in [0.1, 0.15) is 46.7 Å². The molecule has 0 bridgehead atoms. The molecule has 1 aromatic rings. The summed E-state index contributed by atoms with van der Waals surface area (Å²) in [7, 11) is 0. The first-order chi connectivity index (χ1) is 9.29. The molecule has 1 fully saturated rings. The fourth-order valence-corrected chi connectivity index (χ4v) is 3.18. The Kier molecular flexibility index (Phi) is 5.44. The summed E-state index contributed by atoms with van der Waals surface area (Å²) in [5.41, 5.74) is 5.32. The van der Waals surface area contributed by atoms with E-state index in [-0.39, 0.29) is 5.91 Å². The summed E-state index contributed by atoms with van der Waals surface area (Å²) in [6.45, 7) is 1.15. The SMILES string of the molecule is NCC#Cc1ccc(C(=O)NCC2CCCCC2)s1. The molecule has 102 valence electrons. The lowest BCUT2D eigenvalue weighted by Crippen LogP contribution is -2.29. The van der Waals surface area contributed by atoms with Gasteiger partial charge in [-0.15, -0.1) is 11.3 Å². The Bertz CT molecular complexity index is 478. The highest BCUT2D eigenvalue weighted by molar-refractivity contribution is 7.14. The van der Waals surface area contributed by atoms with Gasteiger partial charge in [0.2, 0.25) is 0 Å². The third-order valence-electron chi connectivity index (χ3n) is 3.42. The summed E-state index contributed by atoms with van der Waals surface area (Å²) < 4.78 is 0. The molecule has 2 rings (SSSR count). The molecule has 0 aliphatic heterocycles. The van der Waals surface area contributed by atoms with Gasteiger partial charge in [0, 0.05) is 6.54 Å². The Morgan fingerprint density at radius 3 is 2.89 bits per heavy atom. The third-order valence-corrected chi connectivity index (χ3v) is 4.42. The number of nitrogens with one attached hydrogen (secondary N) is 1. The molecule has 1 saturated carbocycles. The zero-order valence-corrected chi connectivity index (χ0v) is 11.9. The second-order valence-corrected chi connectivity index (χ2v) is 5.97. The zero-order valence-electron chi connectivity index (χ0n) is 11.1. The van der Waals surface area contributed by atoms with E-state index in [2.05, 4.69) is 17.2 Å². The standard InChI is InChI=1S/C15H20N2OS/c16-10-4-7-13-8-9-14(19-13)15(18)17-11-12-5-2-1-3-6-12/h8-9,12H,1-3,5-6,10-11,16H2,(H,17,18). The molecule has 19 heavy (non-hydrogen) atoms. The summed E-state index contributed by atoms with van der Waals surface area (Å²) in [6.07, 6.45) is 6.45. The lowest BCUT2D eigenvalue weighted by molar-refractivity contribution is 0.0947. The van der Waals surface area contributed by atoms with E-state index in [4.69, 9.17) is 5.73 Å². The van der Waals surface area contributed by atoms with E-state index in [9.17, 15) is 4.79 Å². The molecular weight excluding hydrogens is 256 g/mol. The van der Waals surface area contributed by atoms with Gasteiger partial charge in [-0.2, -0.15) is 0 Å². The molecule has 4 heteroatoms. The number of carbonyl (C=O) groups is 1. The van der Waals surface area contributed by atoms with Crippen LogP contribution in [0.4, 0.5) is 0 Å². The fourth-order valence-electron chi connectivity index (χ4n) is 2.38. The van der Waals surface area contributed by atoms with E-state index in [1.54, 1.807) is 0 Å². The summed E-state index contributed by atoms with van der Waals surface area (Å²) in [4.78, 5) is 13.6. The van der Waals surface area contributed by atoms with Crippen molar-refractivity contribution in [2.45, 2.75) is 32.1 Å². The number of thiophene rings is 1. The van der Waals surface area contributed by atoms with Gasteiger partial charge in [0.05, 0.1) is 16.3 Å². The topological polar surface area (TPSA) is 55.1 Å². The first-order valence-corrected chi connectivity index (χ1v) is 7.68. The highest BCUT2D eigenvalue weighted by Gasteiger charge is 2.15. The van der Waals surface area contributed by atoms with Crippen LogP contribution >= 0.6 is 11.3 Å². The highest BCUT2D eigenvalue weighted by Crippen LogP contribution is 2.23. The van der Waals surface area contributed by atoms with E-state index in [0.29, 0.717) is 12.5 Å². The van der Waals surface area contributed by atoms with Crippen LogP contribution < -0.4 is 11.1 Å². The van der Waals surface area contributed by atoms with Crippen molar-refractivity contribution >= 4 is 17.2 Å². The van der Waals surface area contributed by atoms with Crippen molar-refractivity contribution in [2.24, 2.45) is 11.7 Å². The monoisotopic (exact) mass is 276 g/mol. The number of nitrogens with two attached hydrogens (primary N) is 1. The molecule has 3 N–H and O–H groups in total. The van der Waals surface area contributed by atoms with Gasteiger partial charge in [0.25, 0.3) is 5.91 Å². The summed E-state index contributed by atoms with van der Waals surface area (Å²) in [5.74, 6) is 6.43. The minimum Gasteiger partial charge on any atom is -0.351 e. The summed E-state index contributed by atoms with van der Waals surface area (Å²) >= 11 is 1.43. The molecular formula is C15H20N2OS. The van der Waals surface area contributed by atoms with Crippen molar-refractivity contribution < 1.29 is 4.79 Å². The number of rotatable bonds is 3. The van der Waals surface area contributed by atoms with Crippen molar-refractivity contribution in [3.05, 3.63) is 21.9 Å². The smallest absolute Gasteiger partial charge is 0.261 e. The van der Waals surface area contributed by atoms with Gasteiger partial charge in [-0.1, -0.05) is 31.1 Å². The first-order valence-electron chi connectivity index (χ1n) is 6.86. The lowest BCUT2D eigenvalue weighted by atomic mass is 9.89. The Balaban J connectivity index is 1.83. The fraction of sp³-hybridized carbons (Fsp3) is 0.533. The van der Waals surface area contributed by atoms with Crippen LogP contribution in [0.5, 0.6) is 0 Å².